The van der Waals surface area contributed by atoms with Gasteiger partial charge < -0.3 is 5.73 Å². The summed E-state index contributed by atoms with van der Waals surface area (Å²) in [6.45, 7) is 5.14. The van der Waals surface area contributed by atoms with Gasteiger partial charge in [-0.05, 0) is 31.0 Å². The molecule has 20 heavy (non-hydrogen) atoms. The number of rotatable bonds is 2. The van der Waals surface area contributed by atoms with Gasteiger partial charge in [-0.3, -0.25) is 4.90 Å². The summed E-state index contributed by atoms with van der Waals surface area (Å²) < 4.78 is 0. The van der Waals surface area contributed by atoms with Crippen molar-refractivity contribution in [1.29, 1.82) is 0 Å². The second kappa shape index (κ2) is 5.68. The molecule has 0 aliphatic carbocycles. The molecule has 1 aliphatic rings. The van der Waals surface area contributed by atoms with Crippen molar-refractivity contribution in [2.45, 2.75) is 25.9 Å². The number of para-hydroxylation sites is 1. The van der Waals surface area contributed by atoms with Crippen LogP contribution in [-0.2, 0) is 6.54 Å². The highest BCUT2D eigenvalue weighted by Crippen LogP contribution is 2.24. The van der Waals surface area contributed by atoms with Crippen LogP contribution >= 0.6 is 11.6 Å². The fraction of sp³-hybridized carbons (Fsp3) is 0.438. The van der Waals surface area contributed by atoms with Crippen molar-refractivity contribution in [3.8, 4) is 0 Å². The van der Waals surface area contributed by atoms with E-state index in [0.717, 1.165) is 42.5 Å². The van der Waals surface area contributed by atoms with Gasteiger partial charge in [0.05, 0.1) is 5.52 Å². The molecule has 2 N–H and O–H groups in total. The van der Waals surface area contributed by atoms with Crippen molar-refractivity contribution in [1.82, 2.24) is 9.88 Å². The average molecular weight is 290 g/mol. The third kappa shape index (κ3) is 2.80. The number of hydrogen-bond donors (Lipinski definition) is 1. The molecule has 0 amide bonds. The number of hydrogen-bond acceptors (Lipinski definition) is 3. The van der Waals surface area contributed by atoms with E-state index in [0.29, 0.717) is 17.1 Å². The van der Waals surface area contributed by atoms with Crippen LogP contribution in [0.3, 0.4) is 0 Å². The number of piperidine rings is 1. The van der Waals surface area contributed by atoms with Gasteiger partial charge in [0.15, 0.2) is 0 Å². The van der Waals surface area contributed by atoms with Crippen molar-refractivity contribution in [3.05, 3.63) is 41.0 Å². The smallest absolute Gasteiger partial charge is 0.134 e. The Bertz CT molecular complexity index is 614. The second-order valence-electron chi connectivity index (χ2n) is 5.80. The Morgan fingerprint density at radius 1 is 1.40 bits per heavy atom. The SMILES string of the molecule is CC1CN(Cc2cc3ccccc3nc2Cl)CCC1N. The fourth-order valence-corrected chi connectivity index (χ4v) is 3.09. The van der Waals surface area contributed by atoms with E-state index in [9.17, 15) is 0 Å². The van der Waals surface area contributed by atoms with Crippen molar-refractivity contribution < 1.29 is 0 Å². The summed E-state index contributed by atoms with van der Waals surface area (Å²) in [4.78, 5) is 6.91. The number of nitrogens with two attached hydrogens (primary N) is 1. The topological polar surface area (TPSA) is 42.2 Å². The molecule has 1 aromatic heterocycles. The zero-order valence-corrected chi connectivity index (χ0v) is 12.5. The number of fused-ring (bicyclic) bond motifs is 1. The Morgan fingerprint density at radius 3 is 3.00 bits per heavy atom. The molecule has 1 aliphatic heterocycles. The monoisotopic (exact) mass is 289 g/mol. The molecule has 106 valence electrons. The van der Waals surface area contributed by atoms with Crippen LogP contribution in [0, 0.1) is 5.92 Å². The van der Waals surface area contributed by atoms with Crippen molar-refractivity contribution in [2.24, 2.45) is 11.7 Å². The molecule has 1 aromatic carbocycles. The van der Waals surface area contributed by atoms with E-state index < -0.39 is 0 Å². The molecule has 1 fully saturated rings. The van der Waals surface area contributed by atoms with E-state index in [2.05, 4.69) is 28.9 Å². The maximum atomic E-state index is 6.33. The Hall–Kier alpha value is -1.16. The minimum atomic E-state index is 0.330. The molecule has 0 bridgehead atoms. The largest absolute Gasteiger partial charge is 0.327 e. The van der Waals surface area contributed by atoms with Gasteiger partial charge in [-0.25, -0.2) is 4.98 Å². The van der Waals surface area contributed by atoms with Crippen LogP contribution in [0.25, 0.3) is 10.9 Å². The molecule has 1 saturated heterocycles. The molecule has 0 spiro atoms. The number of halogens is 1. The first-order valence-electron chi connectivity index (χ1n) is 7.15. The Morgan fingerprint density at radius 2 is 2.20 bits per heavy atom. The maximum Gasteiger partial charge on any atom is 0.134 e. The van der Waals surface area contributed by atoms with Crippen LogP contribution in [0.1, 0.15) is 18.9 Å². The quantitative estimate of drug-likeness (QED) is 0.864. The first-order chi connectivity index (χ1) is 9.63. The summed E-state index contributed by atoms with van der Waals surface area (Å²) in [6.07, 6.45) is 1.06. The lowest BCUT2D eigenvalue weighted by Gasteiger charge is -2.35. The molecule has 0 saturated carbocycles. The van der Waals surface area contributed by atoms with E-state index >= 15 is 0 Å². The number of likely N-dealkylation sites (tertiary alicyclic amines) is 1. The van der Waals surface area contributed by atoms with E-state index in [4.69, 9.17) is 17.3 Å². The Labute approximate surface area is 124 Å². The van der Waals surface area contributed by atoms with Crippen LogP contribution in [0.15, 0.2) is 30.3 Å². The number of pyridine rings is 1. The Balaban J connectivity index is 1.82. The standard InChI is InChI=1S/C16H20ClN3/c1-11-9-20(7-6-14(11)18)10-13-8-12-4-2-3-5-15(12)19-16(13)17/h2-5,8,11,14H,6-7,9-10,18H2,1H3. The maximum absolute atomic E-state index is 6.33. The predicted molar refractivity (Wildman–Crippen MR) is 83.8 cm³/mol. The summed E-state index contributed by atoms with van der Waals surface area (Å²) in [5, 5.41) is 1.76. The van der Waals surface area contributed by atoms with Gasteiger partial charge in [0.25, 0.3) is 0 Å². The summed E-state index contributed by atoms with van der Waals surface area (Å²) >= 11 is 6.33. The highest BCUT2D eigenvalue weighted by molar-refractivity contribution is 6.30. The van der Waals surface area contributed by atoms with Crippen molar-refractivity contribution in [3.63, 3.8) is 0 Å². The molecule has 2 unspecified atom stereocenters. The summed E-state index contributed by atoms with van der Waals surface area (Å²) in [5.74, 6) is 0.538. The molecular formula is C16H20ClN3. The summed E-state index contributed by atoms with van der Waals surface area (Å²) in [5.41, 5.74) is 8.13. The average Bonchev–Trinajstić information content (AvgIpc) is 2.44. The molecule has 2 heterocycles. The van der Waals surface area contributed by atoms with Crippen LogP contribution in [-0.4, -0.2) is 29.0 Å². The first-order valence-corrected chi connectivity index (χ1v) is 7.53. The van der Waals surface area contributed by atoms with E-state index in [1.807, 2.05) is 18.2 Å². The normalized spacial score (nSPS) is 24.1. The molecular weight excluding hydrogens is 270 g/mol. The number of benzene rings is 1. The van der Waals surface area contributed by atoms with Crippen LogP contribution < -0.4 is 5.73 Å². The minimum absolute atomic E-state index is 0.330. The van der Waals surface area contributed by atoms with E-state index in [1.165, 1.54) is 0 Å². The first kappa shape index (κ1) is 13.8. The molecule has 2 aromatic rings. The van der Waals surface area contributed by atoms with Gasteiger partial charge in [0, 0.05) is 30.1 Å². The molecule has 0 radical (unpaired) electrons. The summed E-state index contributed by atoms with van der Waals surface area (Å²) in [7, 11) is 0. The van der Waals surface area contributed by atoms with E-state index in [-0.39, 0.29) is 0 Å². The minimum Gasteiger partial charge on any atom is -0.327 e. The summed E-state index contributed by atoms with van der Waals surface area (Å²) in [6, 6.07) is 10.6. The van der Waals surface area contributed by atoms with Gasteiger partial charge in [-0.15, -0.1) is 0 Å². The fourth-order valence-electron chi connectivity index (χ4n) is 2.88. The zero-order chi connectivity index (χ0) is 14.1. The highest BCUT2D eigenvalue weighted by atomic mass is 35.5. The van der Waals surface area contributed by atoms with Gasteiger partial charge in [-0.1, -0.05) is 36.7 Å². The van der Waals surface area contributed by atoms with Crippen molar-refractivity contribution >= 4 is 22.5 Å². The van der Waals surface area contributed by atoms with Gasteiger partial charge in [-0.2, -0.15) is 0 Å². The van der Waals surface area contributed by atoms with Crippen LogP contribution in [0.2, 0.25) is 5.15 Å². The highest BCUT2D eigenvalue weighted by Gasteiger charge is 2.23. The molecule has 3 rings (SSSR count). The van der Waals surface area contributed by atoms with Gasteiger partial charge in [0.1, 0.15) is 5.15 Å². The lowest BCUT2D eigenvalue weighted by molar-refractivity contribution is 0.158. The number of nitrogens with zero attached hydrogens (tertiary/aromatic N) is 2. The second-order valence-corrected chi connectivity index (χ2v) is 6.15. The predicted octanol–water partition coefficient (Wildman–Crippen LogP) is 3.06. The molecule has 2 atom stereocenters. The van der Waals surface area contributed by atoms with Gasteiger partial charge in [0.2, 0.25) is 0 Å². The van der Waals surface area contributed by atoms with Gasteiger partial charge >= 0.3 is 0 Å². The Kier molecular flexibility index (Phi) is 3.92. The lowest BCUT2D eigenvalue weighted by Crippen LogP contribution is -2.45. The zero-order valence-electron chi connectivity index (χ0n) is 11.7. The molecule has 3 nitrogen and oxygen atoms in total. The lowest BCUT2D eigenvalue weighted by atomic mass is 9.94. The third-order valence-electron chi connectivity index (χ3n) is 4.20. The number of aromatic nitrogens is 1. The van der Waals surface area contributed by atoms with Crippen LogP contribution in [0.4, 0.5) is 0 Å². The third-order valence-corrected chi connectivity index (χ3v) is 4.53. The van der Waals surface area contributed by atoms with Crippen molar-refractivity contribution in [2.75, 3.05) is 13.1 Å². The molecule has 4 heteroatoms. The van der Waals surface area contributed by atoms with Crippen LogP contribution in [0.5, 0.6) is 0 Å². The van der Waals surface area contributed by atoms with E-state index in [1.54, 1.807) is 0 Å².